The Bertz CT molecular complexity index is 469. The average Bonchev–Trinajstić information content (AvgIpc) is 2.87. The minimum absolute atomic E-state index is 0.0351. The van der Waals surface area contributed by atoms with Gasteiger partial charge >= 0.3 is 0 Å². The molecule has 1 saturated heterocycles. The third-order valence-corrected chi connectivity index (χ3v) is 4.97. The summed E-state index contributed by atoms with van der Waals surface area (Å²) in [6, 6.07) is 0. The van der Waals surface area contributed by atoms with Gasteiger partial charge in [0.25, 0.3) is 5.91 Å². The summed E-state index contributed by atoms with van der Waals surface area (Å²) in [6.07, 6.45) is 1.70. The van der Waals surface area contributed by atoms with Gasteiger partial charge in [0.15, 0.2) is 5.13 Å². The highest BCUT2D eigenvalue weighted by Crippen LogP contribution is 2.29. The van der Waals surface area contributed by atoms with Gasteiger partial charge in [-0.2, -0.15) is 0 Å². The Balaban J connectivity index is 2.08. The van der Waals surface area contributed by atoms with Gasteiger partial charge in [-0.1, -0.05) is 11.3 Å². The summed E-state index contributed by atoms with van der Waals surface area (Å²) in [6.45, 7) is 4.41. The number of piperidine rings is 1. The number of nitrogens with two attached hydrogens (primary N) is 1. The first-order valence-corrected chi connectivity index (χ1v) is 7.76. The molecule has 0 saturated carbocycles. The molecule has 7 heteroatoms. The van der Waals surface area contributed by atoms with Crippen molar-refractivity contribution < 1.29 is 9.90 Å². The Morgan fingerprint density at radius 1 is 1.55 bits per heavy atom. The molecule has 112 valence electrons. The molecule has 0 spiro atoms. The molecule has 0 bridgehead atoms. The van der Waals surface area contributed by atoms with Crippen LogP contribution in [0.15, 0.2) is 0 Å². The first-order valence-electron chi connectivity index (χ1n) is 6.94. The fraction of sp³-hybridized carbons (Fsp3) is 0.692. The van der Waals surface area contributed by atoms with Gasteiger partial charge in [-0.05, 0) is 25.7 Å². The zero-order valence-corrected chi connectivity index (χ0v) is 12.8. The van der Waals surface area contributed by atoms with Crippen LogP contribution < -0.4 is 10.6 Å². The van der Waals surface area contributed by atoms with Crippen LogP contribution in [-0.2, 0) is 0 Å². The fourth-order valence-electron chi connectivity index (χ4n) is 2.23. The number of aromatic nitrogens is 1. The summed E-state index contributed by atoms with van der Waals surface area (Å²) < 4.78 is 0. The fourth-order valence-corrected chi connectivity index (χ4v) is 3.21. The molecule has 1 amide bonds. The van der Waals surface area contributed by atoms with E-state index >= 15 is 0 Å². The lowest BCUT2D eigenvalue weighted by Crippen LogP contribution is -2.39. The maximum absolute atomic E-state index is 12.5. The van der Waals surface area contributed by atoms with Gasteiger partial charge in [0.2, 0.25) is 0 Å². The van der Waals surface area contributed by atoms with E-state index in [9.17, 15) is 4.79 Å². The van der Waals surface area contributed by atoms with E-state index in [-0.39, 0.29) is 12.5 Å². The number of anilines is 2. The second kappa shape index (κ2) is 6.41. The highest BCUT2D eigenvalue weighted by atomic mass is 32.1. The molecule has 2 rings (SSSR count). The van der Waals surface area contributed by atoms with Gasteiger partial charge in [0.05, 0.1) is 0 Å². The van der Waals surface area contributed by atoms with Crippen molar-refractivity contribution in [2.24, 2.45) is 5.92 Å². The molecule has 1 aromatic heterocycles. The number of likely N-dealkylation sites (tertiary alicyclic amines) is 1. The van der Waals surface area contributed by atoms with E-state index in [1.807, 2.05) is 23.8 Å². The smallest absolute Gasteiger partial charge is 0.267 e. The second-order valence-corrected chi connectivity index (χ2v) is 6.12. The summed E-state index contributed by atoms with van der Waals surface area (Å²) in [5.41, 5.74) is 5.88. The van der Waals surface area contributed by atoms with Gasteiger partial charge in [0, 0.05) is 33.3 Å². The molecule has 1 aromatic rings. The van der Waals surface area contributed by atoms with Crippen molar-refractivity contribution in [1.29, 1.82) is 0 Å². The number of hydrogen-bond acceptors (Lipinski definition) is 6. The number of nitrogen functional groups attached to an aromatic ring is 1. The Hall–Kier alpha value is -1.34. The van der Waals surface area contributed by atoms with Gasteiger partial charge in [-0.3, -0.25) is 4.79 Å². The lowest BCUT2D eigenvalue weighted by molar-refractivity contribution is 0.0656. The van der Waals surface area contributed by atoms with E-state index in [0.717, 1.165) is 24.5 Å². The van der Waals surface area contributed by atoms with Crippen LogP contribution >= 0.6 is 11.3 Å². The summed E-state index contributed by atoms with van der Waals surface area (Å²) in [5, 5.41) is 9.91. The molecule has 6 nitrogen and oxygen atoms in total. The minimum atomic E-state index is -0.0351. The zero-order valence-electron chi connectivity index (χ0n) is 12.0. The van der Waals surface area contributed by atoms with Gasteiger partial charge in [-0.15, -0.1) is 0 Å². The minimum Gasteiger partial charge on any atom is -0.396 e. The molecule has 0 aliphatic carbocycles. The van der Waals surface area contributed by atoms with Crippen LogP contribution in [0.25, 0.3) is 0 Å². The number of thiazole rings is 1. The normalized spacial score (nSPS) is 16.4. The Kier molecular flexibility index (Phi) is 4.82. The van der Waals surface area contributed by atoms with Crippen LogP contribution in [-0.4, -0.2) is 54.2 Å². The third-order valence-electron chi connectivity index (χ3n) is 3.80. The summed E-state index contributed by atoms with van der Waals surface area (Å²) in [7, 11) is 1.93. The van der Waals surface area contributed by atoms with Crippen LogP contribution in [0, 0.1) is 5.92 Å². The van der Waals surface area contributed by atoms with Crippen LogP contribution in [0.4, 0.5) is 10.9 Å². The molecule has 3 N–H and O–H groups in total. The average molecular weight is 298 g/mol. The van der Waals surface area contributed by atoms with E-state index in [0.29, 0.717) is 29.7 Å². The predicted octanol–water partition coefficient (Wildman–Crippen LogP) is 1.03. The molecule has 0 aromatic carbocycles. The molecule has 1 aliphatic heterocycles. The molecule has 2 heterocycles. The van der Waals surface area contributed by atoms with Crippen molar-refractivity contribution in [3.05, 3.63) is 4.88 Å². The van der Waals surface area contributed by atoms with Crippen molar-refractivity contribution in [1.82, 2.24) is 9.88 Å². The number of nitrogens with zero attached hydrogens (tertiary/aromatic N) is 3. The zero-order chi connectivity index (χ0) is 14.7. The van der Waals surface area contributed by atoms with Gasteiger partial charge < -0.3 is 20.6 Å². The predicted molar refractivity (Wildman–Crippen MR) is 81.2 cm³/mol. The molecular formula is C13H22N4O2S. The van der Waals surface area contributed by atoms with E-state index in [1.165, 1.54) is 11.3 Å². The van der Waals surface area contributed by atoms with E-state index in [1.54, 1.807) is 0 Å². The van der Waals surface area contributed by atoms with Gasteiger partial charge in [0.1, 0.15) is 10.7 Å². The number of carbonyl (C=O) groups excluding carboxylic acids is 1. The maximum atomic E-state index is 12.5. The van der Waals surface area contributed by atoms with Gasteiger partial charge in [-0.25, -0.2) is 4.98 Å². The first kappa shape index (κ1) is 15.1. The summed E-state index contributed by atoms with van der Waals surface area (Å²) in [4.78, 5) is 21.0. The van der Waals surface area contributed by atoms with E-state index in [2.05, 4.69) is 4.98 Å². The molecule has 20 heavy (non-hydrogen) atoms. The molecule has 0 radical (unpaired) electrons. The van der Waals surface area contributed by atoms with Crippen LogP contribution in [0.1, 0.15) is 29.4 Å². The van der Waals surface area contributed by atoms with Crippen molar-refractivity contribution in [3.8, 4) is 0 Å². The lowest BCUT2D eigenvalue weighted by Gasteiger charge is -2.30. The van der Waals surface area contributed by atoms with Crippen LogP contribution in [0.3, 0.4) is 0 Å². The highest BCUT2D eigenvalue weighted by molar-refractivity contribution is 7.18. The molecule has 1 fully saturated rings. The Labute approximate surface area is 123 Å². The standard InChI is InChI=1S/C13H22N4O2S/c1-3-16(2)13-15-11(14)10(20-13)12(19)17-6-4-9(8-18)5-7-17/h9,18H,3-8,14H2,1-2H3. The van der Waals surface area contributed by atoms with E-state index in [4.69, 9.17) is 10.8 Å². The monoisotopic (exact) mass is 298 g/mol. The summed E-state index contributed by atoms with van der Waals surface area (Å²) >= 11 is 1.35. The van der Waals surface area contributed by atoms with Crippen molar-refractivity contribution >= 4 is 28.2 Å². The SMILES string of the molecule is CCN(C)c1nc(N)c(C(=O)N2CCC(CO)CC2)s1. The van der Waals surface area contributed by atoms with Crippen LogP contribution in [0.2, 0.25) is 0 Å². The second-order valence-electron chi connectivity index (χ2n) is 5.14. The maximum Gasteiger partial charge on any atom is 0.267 e. The molecule has 0 unspecified atom stereocenters. The number of carbonyl (C=O) groups is 1. The Morgan fingerprint density at radius 3 is 2.75 bits per heavy atom. The van der Waals surface area contributed by atoms with Crippen molar-refractivity contribution in [3.63, 3.8) is 0 Å². The topological polar surface area (TPSA) is 82.7 Å². The quantitative estimate of drug-likeness (QED) is 0.867. The van der Waals surface area contributed by atoms with Crippen molar-refractivity contribution in [2.75, 3.05) is 43.9 Å². The summed E-state index contributed by atoms with van der Waals surface area (Å²) in [5.74, 6) is 0.603. The molecular weight excluding hydrogens is 276 g/mol. The Morgan fingerprint density at radius 2 is 2.20 bits per heavy atom. The van der Waals surface area contributed by atoms with Crippen LogP contribution in [0.5, 0.6) is 0 Å². The number of aliphatic hydroxyl groups is 1. The number of amides is 1. The molecule has 0 atom stereocenters. The largest absolute Gasteiger partial charge is 0.396 e. The number of aliphatic hydroxyl groups excluding tert-OH is 1. The highest BCUT2D eigenvalue weighted by Gasteiger charge is 2.26. The lowest BCUT2D eigenvalue weighted by atomic mass is 9.98. The third kappa shape index (κ3) is 3.04. The van der Waals surface area contributed by atoms with Crippen molar-refractivity contribution in [2.45, 2.75) is 19.8 Å². The molecule has 1 aliphatic rings. The first-order chi connectivity index (χ1) is 9.56. The number of rotatable bonds is 4. The van der Waals surface area contributed by atoms with E-state index < -0.39 is 0 Å². The number of hydrogen-bond donors (Lipinski definition) is 2.